The molecule has 23 heavy (non-hydrogen) atoms. The lowest BCUT2D eigenvalue weighted by molar-refractivity contribution is 0.0894. The normalized spacial score (nSPS) is 11.3. The molecule has 4 N–H and O–H groups in total. The number of ketones is 1. The van der Waals surface area contributed by atoms with Crippen LogP contribution in [-0.2, 0) is 0 Å². The van der Waals surface area contributed by atoms with Crippen LogP contribution in [0.5, 0.6) is 0 Å². The largest absolute Gasteiger partial charge is 0.367 e. The first-order valence-electron chi connectivity index (χ1n) is 7.85. The van der Waals surface area contributed by atoms with Gasteiger partial charge in [-0.25, -0.2) is 0 Å². The van der Waals surface area contributed by atoms with Gasteiger partial charge in [-0.3, -0.25) is 9.59 Å². The molecule has 122 valence electrons. The Morgan fingerprint density at radius 3 is 2.13 bits per heavy atom. The predicted octanol–water partition coefficient (Wildman–Crippen LogP) is 2.49. The Hall–Kier alpha value is -2.40. The van der Waals surface area contributed by atoms with Crippen LogP contribution < -0.4 is 11.1 Å². The van der Waals surface area contributed by atoms with Crippen LogP contribution in [0, 0.1) is 0 Å². The van der Waals surface area contributed by atoms with Crippen molar-refractivity contribution in [2.75, 3.05) is 6.54 Å². The Balaban J connectivity index is 2.13. The fraction of sp³-hybridized carbons (Fsp3) is 0.333. The van der Waals surface area contributed by atoms with Crippen LogP contribution in [0.25, 0.3) is 0 Å². The molecule has 0 atom stereocenters. The van der Waals surface area contributed by atoms with E-state index in [0.717, 1.165) is 12.8 Å². The van der Waals surface area contributed by atoms with Crippen LogP contribution in [0.2, 0.25) is 0 Å². The summed E-state index contributed by atoms with van der Waals surface area (Å²) in [7, 11) is 0. The number of carbonyl (C=O) groups excluding carboxylic acids is 2. The minimum absolute atomic E-state index is 0.0726. The molecule has 1 heterocycles. The number of H-pyrrole nitrogens is 1. The van der Waals surface area contributed by atoms with Crippen molar-refractivity contribution in [3.8, 4) is 0 Å². The zero-order chi connectivity index (χ0) is 16.9. The third-order valence-electron chi connectivity index (χ3n) is 4.39. The van der Waals surface area contributed by atoms with Crippen LogP contribution in [0.15, 0.2) is 42.7 Å². The number of nitrogens with one attached hydrogen (secondary N) is 2. The molecule has 0 spiro atoms. The SMILES string of the molecule is CCC(CC)(CN)NC(=O)c1ccc(C(=O)c2cc[nH]c2)cc1. The molecular formula is C18H23N3O2. The van der Waals surface area contributed by atoms with Crippen LogP contribution >= 0.6 is 0 Å². The fourth-order valence-electron chi connectivity index (χ4n) is 2.48. The molecule has 0 fully saturated rings. The maximum absolute atomic E-state index is 12.4. The van der Waals surface area contributed by atoms with E-state index < -0.39 is 0 Å². The smallest absolute Gasteiger partial charge is 0.251 e. The number of amides is 1. The van der Waals surface area contributed by atoms with E-state index in [1.54, 1.807) is 42.7 Å². The molecule has 5 nitrogen and oxygen atoms in total. The quantitative estimate of drug-likeness (QED) is 0.686. The summed E-state index contributed by atoms with van der Waals surface area (Å²) in [5.74, 6) is -0.239. The second-order valence-electron chi connectivity index (χ2n) is 5.65. The van der Waals surface area contributed by atoms with E-state index in [1.807, 2.05) is 13.8 Å². The third-order valence-corrected chi connectivity index (χ3v) is 4.39. The standard InChI is InChI=1S/C18H23N3O2/c1-3-18(4-2,12-19)21-17(23)14-7-5-13(6-8-14)16(22)15-9-10-20-11-15/h5-11,20H,3-4,12,19H2,1-2H3,(H,21,23). The molecule has 0 unspecified atom stereocenters. The average molecular weight is 313 g/mol. The number of aromatic amines is 1. The van der Waals surface area contributed by atoms with Gasteiger partial charge in [-0.2, -0.15) is 0 Å². The van der Waals surface area contributed by atoms with Crippen molar-refractivity contribution >= 4 is 11.7 Å². The maximum Gasteiger partial charge on any atom is 0.251 e. The van der Waals surface area contributed by atoms with Gasteiger partial charge >= 0.3 is 0 Å². The summed E-state index contributed by atoms with van der Waals surface area (Å²) in [6.45, 7) is 4.42. The number of aromatic nitrogens is 1. The summed E-state index contributed by atoms with van der Waals surface area (Å²) in [5.41, 5.74) is 7.11. The van der Waals surface area contributed by atoms with E-state index in [1.165, 1.54) is 0 Å². The Kier molecular flexibility index (Phi) is 5.34. The Morgan fingerprint density at radius 2 is 1.65 bits per heavy atom. The van der Waals surface area contributed by atoms with Gasteiger partial charge in [0.15, 0.2) is 5.78 Å². The van der Waals surface area contributed by atoms with E-state index >= 15 is 0 Å². The van der Waals surface area contributed by atoms with E-state index in [-0.39, 0.29) is 17.2 Å². The van der Waals surface area contributed by atoms with Gasteiger partial charge in [-0.15, -0.1) is 0 Å². The Labute approximate surface area is 136 Å². The van der Waals surface area contributed by atoms with Gasteiger partial charge < -0.3 is 16.0 Å². The maximum atomic E-state index is 12.4. The van der Waals surface area contributed by atoms with Crippen molar-refractivity contribution in [3.63, 3.8) is 0 Å². The molecule has 1 aromatic carbocycles. The molecular weight excluding hydrogens is 290 g/mol. The summed E-state index contributed by atoms with van der Waals surface area (Å²) in [5, 5.41) is 3.02. The second kappa shape index (κ2) is 7.24. The van der Waals surface area contributed by atoms with E-state index in [9.17, 15) is 9.59 Å². The van der Waals surface area contributed by atoms with Crippen LogP contribution in [0.4, 0.5) is 0 Å². The van der Waals surface area contributed by atoms with Crippen LogP contribution in [0.3, 0.4) is 0 Å². The van der Waals surface area contributed by atoms with Crippen molar-refractivity contribution in [1.29, 1.82) is 0 Å². The summed E-state index contributed by atoms with van der Waals surface area (Å²) in [6.07, 6.45) is 4.91. The highest BCUT2D eigenvalue weighted by molar-refractivity contribution is 6.09. The Morgan fingerprint density at radius 1 is 1.04 bits per heavy atom. The highest BCUT2D eigenvalue weighted by Crippen LogP contribution is 2.16. The molecule has 0 radical (unpaired) electrons. The first-order valence-corrected chi connectivity index (χ1v) is 7.85. The predicted molar refractivity (Wildman–Crippen MR) is 90.5 cm³/mol. The Bertz CT molecular complexity index is 648. The molecule has 0 saturated carbocycles. The monoisotopic (exact) mass is 313 g/mol. The number of nitrogens with two attached hydrogens (primary N) is 1. The molecule has 0 aliphatic heterocycles. The van der Waals surface area contributed by atoms with Gasteiger partial charge in [0.2, 0.25) is 0 Å². The minimum Gasteiger partial charge on any atom is -0.367 e. The van der Waals surface area contributed by atoms with Crippen molar-refractivity contribution in [2.45, 2.75) is 32.2 Å². The molecule has 2 rings (SSSR count). The molecule has 0 aliphatic rings. The van der Waals surface area contributed by atoms with Gasteiger partial charge in [-0.1, -0.05) is 26.0 Å². The van der Waals surface area contributed by atoms with Crippen molar-refractivity contribution in [1.82, 2.24) is 10.3 Å². The average Bonchev–Trinajstić information content (AvgIpc) is 3.14. The molecule has 0 aliphatic carbocycles. The number of carbonyl (C=O) groups is 2. The lowest BCUT2D eigenvalue weighted by atomic mass is 9.92. The highest BCUT2D eigenvalue weighted by atomic mass is 16.2. The fourth-order valence-corrected chi connectivity index (χ4v) is 2.48. The summed E-state index contributed by atoms with van der Waals surface area (Å²) < 4.78 is 0. The van der Waals surface area contributed by atoms with E-state index in [0.29, 0.717) is 23.2 Å². The van der Waals surface area contributed by atoms with Gasteiger partial charge in [0, 0.05) is 35.6 Å². The summed E-state index contributed by atoms with van der Waals surface area (Å²) >= 11 is 0. The second-order valence-corrected chi connectivity index (χ2v) is 5.65. The molecule has 5 heteroatoms. The first kappa shape index (κ1) is 17.0. The van der Waals surface area contributed by atoms with Gasteiger partial charge in [0.05, 0.1) is 5.54 Å². The first-order chi connectivity index (χ1) is 11.0. The molecule has 0 saturated heterocycles. The molecule has 1 amide bonds. The van der Waals surface area contributed by atoms with Gasteiger partial charge in [0.25, 0.3) is 5.91 Å². The number of benzene rings is 1. The zero-order valence-electron chi connectivity index (χ0n) is 13.6. The van der Waals surface area contributed by atoms with E-state index in [2.05, 4.69) is 10.3 Å². The lowest BCUT2D eigenvalue weighted by Crippen LogP contribution is -2.52. The van der Waals surface area contributed by atoms with Gasteiger partial charge in [-0.05, 0) is 31.0 Å². The van der Waals surface area contributed by atoms with Crippen molar-refractivity contribution < 1.29 is 9.59 Å². The zero-order valence-corrected chi connectivity index (χ0v) is 13.6. The van der Waals surface area contributed by atoms with Gasteiger partial charge in [0.1, 0.15) is 0 Å². The summed E-state index contributed by atoms with van der Waals surface area (Å²) in [6, 6.07) is 8.41. The summed E-state index contributed by atoms with van der Waals surface area (Å²) in [4.78, 5) is 27.5. The van der Waals surface area contributed by atoms with Crippen molar-refractivity contribution in [3.05, 3.63) is 59.4 Å². The minimum atomic E-state index is -0.378. The van der Waals surface area contributed by atoms with E-state index in [4.69, 9.17) is 5.73 Å². The third kappa shape index (κ3) is 3.68. The number of rotatable bonds is 7. The topological polar surface area (TPSA) is 88.0 Å². The molecule has 0 bridgehead atoms. The van der Waals surface area contributed by atoms with Crippen LogP contribution in [-0.4, -0.2) is 28.8 Å². The van der Waals surface area contributed by atoms with Crippen LogP contribution in [0.1, 0.15) is 53.0 Å². The molecule has 1 aromatic heterocycles. The molecule has 2 aromatic rings. The number of hydrogen-bond donors (Lipinski definition) is 3. The lowest BCUT2D eigenvalue weighted by Gasteiger charge is -2.31. The van der Waals surface area contributed by atoms with Crippen molar-refractivity contribution in [2.24, 2.45) is 5.73 Å². The number of hydrogen-bond acceptors (Lipinski definition) is 3. The highest BCUT2D eigenvalue weighted by Gasteiger charge is 2.26.